The monoisotopic (exact) mass is 329 g/mol. The van der Waals surface area contributed by atoms with Crippen LogP contribution in [0, 0.1) is 11.2 Å². The number of nitrogens with two attached hydrogens (primary N) is 1. The Morgan fingerprint density at radius 1 is 1.48 bits per heavy atom. The van der Waals surface area contributed by atoms with Crippen LogP contribution < -0.4 is 5.73 Å². The van der Waals surface area contributed by atoms with Crippen molar-refractivity contribution in [3.8, 4) is 0 Å². The molecule has 0 aliphatic carbocycles. The maximum Gasteiger partial charge on any atom is 0.124 e. The summed E-state index contributed by atoms with van der Waals surface area (Å²) in [5.41, 5.74) is 7.19. The van der Waals surface area contributed by atoms with Crippen LogP contribution >= 0.6 is 23.7 Å². The first-order valence-corrected chi connectivity index (χ1v) is 7.79. The fourth-order valence-corrected chi connectivity index (χ4v) is 3.86. The summed E-state index contributed by atoms with van der Waals surface area (Å²) in [6, 6.07) is 5.05. The molecule has 2 N–H and O–H groups in total. The van der Waals surface area contributed by atoms with E-state index in [1.807, 2.05) is 0 Å². The van der Waals surface area contributed by atoms with E-state index in [0.717, 1.165) is 41.3 Å². The first kappa shape index (κ1) is 16.6. The predicted molar refractivity (Wildman–Crippen MR) is 88.5 cm³/mol. The zero-order chi connectivity index (χ0) is 14.3. The number of aromatic nitrogens is 1. The van der Waals surface area contributed by atoms with Gasteiger partial charge in [-0.05, 0) is 30.0 Å². The Bertz CT molecular complexity index is 628. The van der Waals surface area contributed by atoms with Gasteiger partial charge in [-0.25, -0.2) is 9.37 Å². The van der Waals surface area contributed by atoms with Crippen molar-refractivity contribution in [3.63, 3.8) is 0 Å². The molecule has 6 heteroatoms. The van der Waals surface area contributed by atoms with Gasteiger partial charge >= 0.3 is 0 Å². The molecule has 1 aliphatic heterocycles. The van der Waals surface area contributed by atoms with Gasteiger partial charge in [0.25, 0.3) is 0 Å². The molecule has 0 bridgehead atoms. The van der Waals surface area contributed by atoms with Crippen molar-refractivity contribution < 1.29 is 4.39 Å². The molecule has 0 spiro atoms. The lowest BCUT2D eigenvalue weighted by molar-refractivity contribution is 0.0899. The Morgan fingerprint density at radius 2 is 2.24 bits per heavy atom. The van der Waals surface area contributed by atoms with Gasteiger partial charge in [-0.1, -0.05) is 13.8 Å². The number of nitrogens with zero attached hydrogens (tertiary/aromatic N) is 2. The highest BCUT2D eigenvalue weighted by molar-refractivity contribution is 7.18. The summed E-state index contributed by atoms with van der Waals surface area (Å²) in [6.07, 6.45) is 1.02. The third-order valence-electron chi connectivity index (χ3n) is 4.14. The first-order chi connectivity index (χ1) is 9.44. The molecule has 1 atom stereocenters. The number of piperidine rings is 1. The Kier molecular flexibility index (Phi) is 4.88. The van der Waals surface area contributed by atoms with E-state index >= 15 is 0 Å². The third kappa shape index (κ3) is 3.54. The number of rotatable bonds is 2. The molecule has 0 amide bonds. The van der Waals surface area contributed by atoms with E-state index in [4.69, 9.17) is 5.73 Å². The summed E-state index contributed by atoms with van der Waals surface area (Å²) in [5.74, 6) is -0.197. The number of thiazole rings is 1. The Hall–Kier alpha value is -0.750. The van der Waals surface area contributed by atoms with Gasteiger partial charge in [0.2, 0.25) is 0 Å². The smallest absolute Gasteiger partial charge is 0.124 e. The van der Waals surface area contributed by atoms with Crippen molar-refractivity contribution in [2.45, 2.75) is 32.9 Å². The van der Waals surface area contributed by atoms with Gasteiger partial charge in [0, 0.05) is 19.1 Å². The van der Waals surface area contributed by atoms with Crippen molar-refractivity contribution in [1.82, 2.24) is 9.88 Å². The van der Waals surface area contributed by atoms with E-state index in [-0.39, 0.29) is 29.7 Å². The number of likely N-dealkylation sites (tertiary alicyclic amines) is 1. The second kappa shape index (κ2) is 6.16. The van der Waals surface area contributed by atoms with Gasteiger partial charge in [-0.3, -0.25) is 4.90 Å². The van der Waals surface area contributed by atoms with Gasteiger partial charge in [0.15, 0.2) is 0 Å². The normalized spacial score (nSPS) is 22.2. The number of hydrogen-bond acceptors (Lipinski definition) is 4. The van der Waals surface area contributed by atoms with Crippen molar-refractivity contribution >= 4 is 34.0 Å². The van der Waals surface area contributed by atoms with Crippen molar-refractivity contribution in [2.24, 2.45) is 11.1 Å². The molecule has 3 rings (SSSR count). The highest BCUT2D eigenvalue weighted by Crippen LogP contribution is 2.30. The molecule has 1 unspecified atom stereocenters. The van der Waals surface area contributed by atoms with Gasteiger partial charge in [-0.2, -0.15) is 0 Å². The van der Waals surface area contributed by atoms with Crippen LogP contribution in [0.4, 0.5) is 4.39 Å². The average molecular weight is 330 g/mol. The predicted octanol–water partition coefficient (Wildman–Crippen LogP) is 3.42. The average Bonchev–Trinajstić information content (AvgIpc) is 2.75. The van der Waals surface area contributed by atoms with Crippen molar-refractivity contribution in [3.05, 3.63) is 29.0 Å². The molecule has 2 heterocycles. The maximum atomic E-state index is 13.2. The molecule has 1 fully saturated rings. The van der Waals surface area contributed by atoms with Crippen LogP contribution in [-0.4, -0.2) is 29.0 Å². The molecular formula is C15H21ClFN3S. The second-order valence-electron chi connectivity index (χ2n) is 6.31. The minimum absolute atomic E-state index is 0. The topological polar surface area (TPSA) is 42.2 Å². The minimum atomic E-state index is -0.197. The lowest BCUT2D eigenvalue weighted by Crippen LogP contribution is -2.52. The molecule has 2 aromatic rings. The summed E-state index contributed by atoms with van der Waals surface area (Å²) >= 11 is 1.58. The largest absolute Gasteiger partial charge is 0.327 e. The number of halogens is 2. The summed E-state index contributed by atoms with van der Waals surface area (Å²) in [6.45, 7) is 7.26. The summed E-state index contributed by atoms with van der Waals surface area (Å²) in [5, 5.41) is 1.05. The molecule has 0 saturated carbocycles. The highest BCUT2D eigenvalue weighted by Gasteiger charge is 2.33. The van der Waals surface area contributed by atoms with Crippen LogP contribution in [-0.2, 0) is 6.54 Å². The minimum Gasteiger partial charge on any atom is -0.327 e. The lowest BCUT2D eigenvalue weighted by atomic mass is 9.80. The number of hydrogen-bond donors (Lipinski definition) is 1. The van der Waals surface area contributed by atoms with Gasteiger partial charge in [-0.15, -0.1) is 23.7 Å². The highest BCUT2D eigenvalue weighted by atomic mass is 35.5. The van der Waals surface area contributed by atoms with Crippen LogP contribution in [0.5, 0.6) is 0 Å². The molecule has 1 aromatic heterocycles. The molecule has 116 valence electrons. The Labute approximate surface area is 134 Å². The van der Waals surface area contributed by atoms with Crippen LogP contribution in [0.3, 0.4) is 0 Å². The van der Waals surface area contributed by atoms with E-state index in [0.29, 0.717) is 0 Å². The molecule has 21 heavy (non-hydrogen) atoms. The van der Waals surface area contributed by atoms with E-state index < -0.39 is 0 Å². The molecule has 0 radical (unpaired) electrons. The van der Waals surface area contributed by atoms with Crippen LogP contribution in [0.25, 0.3) is 10.2 Å². The SMILES string of the molecule is CC1(C)CN(Cc2nc3ccc(F)cc3s2)CCC1N.Cl. The number of fused-ring (bicyclic) bond motifs is 1. The van der Waals surface area contributed by atoms with E-state index in [1.165, 1.54) is 6.07 Å². The summed E-state index contributed by atoms with van der Waals surface area (Å²) in [4.78, 5) is 6.99. The van der Waals surface area contributed by atoms with Gasteiger partial charge < -0.3 is 5.73 Å². The zero-order valence-corrected chi connectivity index (χ0v) is 13.9. The summed E-state index contributed by atoms with van der Waals surface area (Å²) in [7, 11) is 0. The fraction of sp³-hybridized carbons (Fsp3) is 0.533. The zero-order valence-electron chi connectivity index (χ0n) is 12.3. The molecular weight excluding hydrogens is 309 g/mol. The third-order valence-corrected chi connectivity index (χ3v) is 5.15. The van der Waals surface area contributed by atoms with Crippen molar-refractivity contribution in [2.75, 3.05) is 13.1 Å². The summed E-state index contributed by atoms with van der Waals surface area (Å²) < 4.78 is 14.1. The van der Waals surface area contributed by atoms with Crippen LogP contribution in [0.2, 0.25) is 0 Å². The maximum absolute atomic E-state index is 13.2. The second-order valence-corrected chi connectivity index (χ2v) is 7.43. The first-order valence-electron chi connectivity index (χ1n) is 6.97. The quantitative estimate of drug-likeness (QED) is 0.918. The Morgan fingerprint density at radius 3 is 2.95 bits per heavy atom. The van der Waals surface area contributed by atoms with Crippen LogP contribution in [0.15, 0.2) is 18.2 Å². The van der Waals surface area contributed by atoms with Gasteiger partial charge in [0.1, 0.15) is 10.8 Å². The molecule has 3 nitrogen and oxygen atoms in total. The van der Waals surface area contributed by atoms with E-state index in [9.17, 15) is 4.39 Å². The van der Waals surface area contributed by atoms with Crippen LogP contribution in [0.1, 0.15) is 25.3 Å². The lowest BCUT2D eigenvalue weighted by Gasteiger charge is -2.42. The molecule has 1 saturated heterocycles. The fourth-order valence-electron chi connectivity index (χ4n) is 2.83. The van der Waals surface area contributed by atoms with E-state index in [1.54, 1.807) is 23.5 Å². The Balaban J connectivity index is 0.00000161. The van der Waals surface area contributed by atoms with Gasteiger partial charge in [0.05, 0.1) is 16.8 Å². The number of benzene rings is 1. The molecule has 1 aromatic carbocycles. The molecule has 1 aliphatic rings. The standard InChI is InChI=1S/C15H20FN3S.ClH/c1-15(2)9-19(6-5-13(15)17)8-14-18-11-4-3-10(16)7-12(11)20-14;/h3-4,7,13H,5-6,8-9,17H2,1-2H3;1H. The van der Waals surface area contributed by atoms with Crippen molar-refractivity contribution in [1.29, 1.82) is 0 Å². The van der Waals surface area contributed by atoms with E-state index in [2.05, 4.69) is 23.7 Å².